The van der Waals surface area contributed by atoms with Gasteiger partial charge in [0.05, 0.1) is 12.5 Å². The third kappa shape index (κ3) is 4.42. The summed E-state index contributed by atoms with van der Waals surface area (Å²) in [5.41, 5.74) is 5.74. The van der Waals surface area contributed by atoms with Gasteiger partial charge in [0, 0.05) is 18.0 Å². The van der Waals surface area contributed by atoms with E-state index in [9.17, 15) is 4.79 Å². The maximum Gasteiger partial charge on any atom is 0.227 e. The van der Waals surface area contributed by atoms with Crippen LogP contribution in [0.5, 0.6) is 0 Å². The fourth-order valence-electron chi connectivity index (χ4n) is 2.06. The minimum atomic E-state index is -0.0371. The van der Waals surface area contributed by atoms with Gasteiger partial charge in [0.2, 0.25) is 5.91 Å². The molecule has 1 amide bonds. The van der Waals surface area contributed by atoms with Crippen molar-refractivity contribution in [2.24, 2.45) is 17.6 Å². The average molecular weight is 268 g/mol. The first-order chi connectivity index (χ1) is 8.58. The minimum Gasteiger partial charge on any atom is -0.338 e. The summed E-state index contributed by atoms with van der Waals surface area (Å²) in [7, 11) is 0. The number of amides is 1. The lowest BCUT2D eigenvalue weighted by Crippen LogP contribution is -2.39. The van der Waals surface area contributed by atoms with Gasteiger partial charge in [0.25, 0.3) is 0 Å². The van der Waals surface area contributed by atoms with E-state index in [1.54, 1.807) is 11.3 Å². The second kappa shape index (κ2) is 7.54. The van der Waals surface area contributed by atoms with E-state index in [2.05, 4.69) is 19.9 Å². The zero-order valence-electron chi connectivity index (χ0n) is 11.6. The van der Waals surface area contributed by atoms with Crippen LogP contribution in [0.2, 0.25) is 0 Å². The molecule has 1 atom stereocenters. The highest BCUT2D eigenvalue weighted by Gasteiger charge is 2.23. The maximum absolute atomic E-state index is 12.4. The molecule has 1 aromatic heterocycles. The molecule has 4 heteroatoms. The molecule has 0 aliphatic carbocycles. The fraction of sp³-hybridized carbons (Fsp3) is 0.643. The number of thiophene rings is 1. The Balaban J connectivity index is 2.65. The van der Waals surface area contributed by atoms with E-state index in [1.807, 2.05) is 23.3 Å². The third-order valence-corrected chi connectivity index (χ3v) is 3.87. The lowest BCUT2D eigenvalue weighted by Gasteiger charge is -2.26. The number of carbonyl (C=O) groups excluding carboxylic acids is 1. The van der Waals surface area contributed by atoms with Crippen LogP contribution in [0.4, 0.5) is 0 Å². The highest BCUT2D eigenvalue weighted by molar-refractivity contribution is 7.09. The molecule has 3 nitrogen and oxygen atoms in total. The van der Waals surface area contributed by atoms with Gasteiger partial charge in [-0.05, 0) is 30.7 Å². The SMILES string of the molecule is CCN(Cc1cccs1)C(=O)C(CN)CC(C)C. The molecule has 0 bridgehead atoms. The highest BCUT2D eigenvalue weighted by atomic mass is 32.1. The van der Waals surface area contributed by atoms with Crippen LogP contribution in [0, 0.1) is 11.8 Å². The molecular formula is C14H24N2OS. The van der Waals surface area contributed by atoms with Crippen LogP contribution < -0.4 is 5.73 Å². The standard InChI is InChI=1S/C14H24N2OS/c1-4-16(10-13-6-5-7-18-13)14(17)12(9-15)8-11(2)3/h5-7,11-12H,4,8-10,15H2,1-3H3. The molecule has 0 fully saturated rings. The second-order valence-corrected chi connectivity index (χ2v) is 6.03. The van der Waals surface area contributed by atoms with Crippen LogP contribution in [0.15, 0.2) is 17.5 Å². The Morgan fingerprint density at radius 2 is 2.22 bits per heavy atom. The summed E-state index contributed by atoms with van der Waals surface area (Å²) in [6.45, 7) is 8.18. The van der Waals surface area contributed by atoms with Crippen LogP contribution in [0.3, 0.4) is 0 Å². The minimum absolute atomic E-state index is 0.0371. The van der Waals surface area contributed by atoms with E-state index in [4.69, 9.17) is 5.73 Å². The van der Waals surface area contributed by atoms with E-state index >= 15 is 0 Å². The molecule has 1 rings (SSSR count). The molecule has 0 saturated heterocycles. The highest BCUT2D eigenvalue weighted by Crippen LogP contribution is 2.17. The van der Waals surface area contributed by atoms with Gasteiger partial charge in [0.15, 0.2) is 0 Å². The molecule has 0 spiro atoms. The number of nitrogens with zero attached hydrogens (tertiary/aromatic N) is 1. The molecule has 0 aromatic carbocycles. The first-order valence-electron chi connectivity index (χ1n) is 6.59. The topological polar surface area (TPSA) is 46.3 Å². The first-order valence-corrected chi connectivity index (χ1v) is 7.47. The predicted molar refractivity (Wildman–Crippen MR) is 77.4 cm³/mol. The van der Waals surface area contributed by atoms with Gasteiger partial charge in [-0.1, -0.05) is 19.9 Å². The quantitative estimate of drug-likeness (QED) is 0.826. The van der Waals surface area contributed by atoms with Crippen molar-refractivity contribution in [3.05, 3.63) is 22.4 Å². The van der Waals surface area contributed by atoms with Gasteiger partial charge in [-0.2, -0.15) is 0 Å². The van der Waals surface area contributed by atoms with Crippen LogP contribution in [-0.4, -0.2) is 23.9 Å². The van der Waals surface area contributed by atoms with Crippen molar-refractivity contribution >= 4 is 17.2 Å². The molecule has 0 saturated carbocycles. The zero-order valence-corrected chi connectivity index (χ0v) is 12.4. The van der Waals surface area contributed by atoms with Crippen molar-refractivity contribution in [2.75, 3.05) is 13.1 Å². The van der Waals surface area contributed by atoms with Crippen LogP contribution in [0.1, 0.15) is 32.1 Å². The molecule has 1 heterocycles. The predicted octanol–water partition coefficient (Wildman–Crippen LogP) is 2.72. The number of rotatable bonds is 7. The Morgan fingerprint density at radius 1 is 1.50 bits per heavy atom. The Morgan fingerprint density at radius 3 is 2.67 bits per heavy atom. The zero-order chi connectivity index (χ0) is 13.5. The summed E-state index contributed by atoms with van der Waals surface area (Å²) in [6, 6.07) is 4.09. The Labute approximate surface area is 114 Å². The summed E-state index contributed by atoms with van der Waals surface area (Å²) in [4.78, 5) is 15.6. The smallest absolute Gasteiger partial charge is 0.227 e. The van der Waals surface area contributed by atoms with Crippen molar-refractivity contribution in [2.45, 2.75) is 33.7 Å². The Hall–Kier alpha value is -0.870. The van der Waals surface area contributed by atoms with Gasteiger partial charge in [0.1, 0.15) is 0 Å². The van der Waals surface area contributed by atoms with Crippen molar-refractivity contribution < 1.29 is 4.79 Å². The van der Waals surface area contributed by atoms with Crippen molar-refractivity contribution in [1.82, 2.24) is 4.90 Å². The molecule has 0 aliphatic heterocycles. The molecule has 0 radical (unpaired) electrons. The van der Waals surface area contributed by atoms with Gasteiger partial charge in [-0.15, -0.1) is 11.3 Å². The van der Waals surface area contributed by atoms with Crippen molar-refractivity contribution in [3.63, 3.8) is 0 Å². The van der Waals surface area contributed by atoms with E-state index in [0.29, 0.717) is 19.0 Å². The largest absolute Gasteiger partial charge is 0.338 e. The number of carbonyl (C=O) groups is 1. The molecule has 1 unspecified atom stereocenters. The Kier molecular flexibility index (Phi) is 6.36. The third-order valence-electron chi connectivity index (χ3n) is 3.01. The summed E-state index contributed by atoms with van der Waals surface area (Å²) < 4.78 is 0. The monoisotopic (exact) mass is 268 g/mol. The van der Waals surface area contributed by atoms with Crippen LogP contribution in [0.25, 0.3) is 0 Å². The van der Waals surface area contributed by atoms with Crippen LogP contribution >= 0.6 is 11.3 Å². The number of nitrogens with two attached hydrogens (primary N) is 1. The summed E-state index contributed by atoms with van der Waals surface area (Å²) in [5, 5.41) is 2.04. The maximum atomic E-state index is 12.4. The molecule has 18 heavy (non-hydrogen) atoms. The Bertz CT molecular complexity index is 349. The molecule has 102 valence electrons. The average Bonchev–Trinajstić information content (AvgIpc) is 2.84. The van der Waals surface area contributed by atoms with Gasteiger partial charge in [-0.25, -0.2) is 0 Å². The van der Waals surface area contributed by atoms with Gasteiger partial charge in [-0.3, -0.25) is 4.79 Å². The van der Waals surface area contributed by atoms with Crippen LogP contribution in [-0.2, 0) is 11.3 Å². The summed E-state index contributed by atoms with van der Waals surface area (Å²) in [6.07, 6.45) is 0.871. The second-order valence-electron chi connectivity index (χ2n) is 4.99. The van der Waals surface area contributed by atoms with E-state index in [-0.39, 0.29) is 11.8 Å². The summed E-state index contributed by atoms with van der Waals surface area (Å²) >= 11 is 1.69. The molecule has 2 N–H and O–H groups in total. The first kappa shape index (κ1) is 15.2. The number of hydrogen-bond acceptors (Lipinski definition) is 3. The van der Waals surface area contributed by atoms with E-state index < -0.39 is 0 Å². The fourth-order valence-corrected chi connectivity index (χ4v) is 2.78. The summed E-state index contributed by atoms with van der Waals surface area (Å²) in [5.74, 6) is 0.662. The lowest BCUT2D eigenvalue weighted by atomic mass is 9.96. The van der Waals surface area contributed by atoms with Crippen molar-refractivity contribution in [1.29, 1.82) is 0 Å². The van der Waals surface area contributed by atoms with Gasteiger partial charge < -0.3 is 10.6 Å². The van der Waals surface area contributed by atoms with Gasteiger partial charge >= 0.3 is 0 Å². The number of hydrogen-bond donors (Lipinski definition) is 1. The van der Waals surface area contributed by atoms with E-state index in [1.165, 1.54) is 4.88 Å². The lowest BCUT2D eigenvalue weighted by molar-refractivity contribution is -0.136. The molecule has 1 aromatic rings. The molecular weight excluding hydrogens is 244 g/mol. The molecule has 0 aliphatic rings. The van der Waals surface area contributed by atoms with E-state index in [0.717, 1.165) is 13.0 Å². The normalized spacial score (nSPS) is 12.7. The van der Waals surface area contributed by atoms with Crippen molar-refractivity contribution in [3.8, 4) is 0 Å².